The number of allylic oxidation sites excluding steroid dienone is 1. The Morgan fingerprint density at radius 1 is 1.28 bits per heavy atom. The van der Waals surface area contributed by atoms with E-state index in [0.717, 1.165) is 11.3 Å². The first-order valence-electron chi connectivity index (χ1n) is 9.15. The van der Waals surface area contributed by atoms with Gasteiger partial charge in [-0.3, -0.25) is 4.79 Å². The molecule has 0 saturated heterocycles. The van der Waals surface area contributed by atoms with E-state index in [1.807, 2.05) is 24.3 Å². The molecule has 0 radical (unpaired) electrons. The van der Waals surface area contributed by atoms with Gasteiger partial charge < -0.3 is 9.84 Å². The summed E-state index contributed by atoms with van der Waals surface area (Å²) in [6, 6.07) is 7.69. The molecule has 0 bridgehead atoms. The molecular weight excluding hydrogens is 312 g/mol. The van der Waals surface area contributed by atoms with Gasteiger partial charge in [-0.25, -0.2) is 0 Å². The van der Waals surface area contributed by atoms with E-state index in [2.05, 4.69) is 17.9 Å². The van der Waals surface area contributed by atoms with Gasteiger partial charge in [-0.1, -0.05) is 37.0 Å². The number of benzene rings is 1. The minimum Gasteiger partial charge on any atom is -0.489 e. The summed E-state index contributed by atoms with van der Waals surface area (Å²) in [5.74, 6) is 5.52. The molecule has 3 nitrogen and oxygen atoms in total. The SMILES string of the molecule is CC#C[C@@H](CC(=O)O)c1ccc(OCC2=CCC3(CCCC3)C2)cc1. The summed E-state index contributed by atoms with van der Waals surface area (Å²) in [6.07, 6.45) is 10.3. The molecule has 1 aromatic rings. The summed E-state index contributed by atoms with van der Waals surface area (Å²) in [7, 11) is 0. The third kappa shape index (κ3) is 4.45. The Bertz CT molecular complexity index is 697. The molecule has 0 amide bonds. The van der Waals surface area contributed by atoms with Crippen LogP contribution in [0, 0.1) is 17.3 Å². The van der Waals surface area contributed by atoms with Crippen molar-refractivity contribution < 1.29 is 14.6 Å². The van der Waals surface area contributed by atoms with Crippen LogP contribution in [0.5, 0.6) is 5.75 Å². The first-order valence-corrected chi connectivity index (χ1v) is 9.15. The van der Waals surface area contributed by atoms with Gasteiger partial charge in [0.2, 0.25) is 0 Å². The lowest BCUT2D eigenvalue weighted by molar-refractivity contribution is -0.137. The molecule has 0 aliphatic heterocycles. The van der Waals surface area contributed by atoms with Gasteiger partial charge >= 0.3 is 5.97 Å². The molecule has 1 N–H and O–H groups in total. The average molecular weight is 338 g/mol. The Labute approximate surface area is 150 Å². The number of ether oxygens (including phenoxy) is 1. The van der Waals surface area contributed by atoms with Gasteiger partial charge in [-0.05, 0) is 61.3 Å². The van der Waals surface area contributed by atoms with Crippen molar-refractivity contribution in [3.8, 4) is 17.6 Å². The van der Waals surface area contributed by atoms with E-state index < -0.39 is 5.97 Å². The van der Waals surface area contributed by atoms with Crippen molar-refractivity contribution in [2.75, 3.05) is 6.61 Å². The number of rotatable bonds is 6. The van der Waals surface area contributed by atoms with E-state index in [0.29, 0.717) is 12.0 Å². The maximum atomic E-state index is 11.0. The number of hydrogen-bond donors (Lipinski definition) is 1. The summed E-state index contributed by atoms with van der Waals surface area (Å²) >= 11 is 0. The molecule has 3 rings (SSSR count). The van der Waals surface area contributed by atoms with Gasteiger partial charge in [0.25, 0.3) is 0 Å². The minimum atomic E-state index is -0.831. The first-order chi connectivity index (χ1) is 12.1. The smallest absolute Gasteiger partial charge is 0.304 e. The third-order valence-corrected chi connectivity index (χ3v) is 5.49. The standard InChI is InChI=1S/C22H26O3/c1-2-5-19(14-21(23)24)18-6-8-20(9-7-18)25-16-17-10-13-22(15-17)11-3-4-12-22/h6-10,19H,3-4,11-16H2,1H3,(H,23,24)/t19-/m0/s1. The van der Waals surface area contributed by atoms with Crippen molar-refractivity contribution in [1.29, 1.82) is 0 Å². The lowest BCUT2D eigenvalue weighted by Gasteiger charge is -2.22. The molecule has 2 aliphatic carbocycles. The first kappa shape index (κ1) is 17.6. The summed E-state index contributed by atoms with van der Waals surface area (Å²) < 4.78 is 5.95. The molecule has 0 unspecified atom stereocenters. The van der Waals surface area contributed by atoms with Crippen LogP contribution in [0.15, 0.2) is 35.9 Å². The number of carboxylic acids is 1. The summed E-state index contributed by atoms with van der Waals surface area (Å²) in [5, 5.41) is 9.02. The van der Waals surface area contributed by atoms with Crippen molar-refractivity contribution in [2.24, 2.45) is 5.41 Å². The van der Waals surface area contributed by atoms with Gasteiger partial charge in [-0.2, -0.15) is 0 Å². The monoisotopic (exact) mass is 338 g/mol. The molecule has 25 heavy (non-hydrogen) atoms. The largest absolute Gasteiger partial charge is 0.489 e. The molecule has 1 atom stereocenters. The van der Waals surface area contributed by atoms with Crippen molar-refractivity contribution in [2.45, 2.75) is 57.8 Å². The van der Waals surface area contributed by atoms with Crippen LogP contribution in [0.25, 0.3) is 0 Å². The normalized spacial score (nSPS) is 19.2. The third-order valence-electron chi connectivity index (χ3n) is 5.49. The van der Waals surface area contributed by atoms with Crippen molar-refractivity contribution in [3.05, 3.63) is 41.5 Å². The zero-order chi connectivity index (χ0) is 17.7. The van der Waals surface area contributed by atoms with Crippen LogP contribution in [-0.2, 0) is 4.79 Å². The number of carbonyl (C=O) groups is 1. The fraction of sp³-hybridized carbons (Fsp3) is 0.500. The molecule has 1 aromatic carbocycles. The van der Waals surface area contributed by atoms with Crippen LogP contribution in [0.2, 0.25) is 0 Å². The summed E-state index contributed by atoms with van der Waals surface area (Å²) in [5.41, 5.74) is 2.89. The van der Waals surface area contributed by atoms with E-state index in [-0.39, 0.29) is 12.3 Å². The molecule has 0 heterocycles. The van der Waals surface area contributed by atoms with Gasteiger partial charge in [0.15, 0.2) is 0 Å². The van der Waals surface area contributed by atoms with Gasteiger partial charge in [0, 0.05) is 0 Å². The molecule has 0 aromatic heterocycles. The zero-order valence-electron chi connectivity index (χ0n) is 14.9. The van der Waals surface area contributed by atoms with Gasteiger partial charge in [0.05, 0.1) is 12.3 Å². The van der Waals surface area contributed by atoms with Gasteiger partial charge in [0.1, 0.15) is 12.4 Å². The van der Waals surface area contributed by atoms with Crippen LogP contribution in [0.3, 0.4) is 0 Å². The Balaban J connectivity index is 1.55. The molecule has 1 fully saturated rings. The van der Waals surface area contributed by atoms with E-state index in [4.69, 9.17) is 9.84 Å². The highest BCUT2D eigenvalue weighted by Crippen LogP contribution is 2.49. The second kappa shape index (κ2) is 7.78. The van der Waals surface area contributed by atoms with Crippen LogP contribution in [0.1, 0.15) is 63.4 Å². The number of hydrogen-bond acceptors (Lipinski definition) is 2. The lowest BCUT2D eigenvalue weighted by Crippen LogP contribution is -2.12. The highest BCUT2D eigenvalue weighted by molar-refractivity contribution is 5.69. The summed E-state index contributed by atoms with van der Waals surface area (Å²) in [6.45, 7) is 2.40. The zero-order valence-corrected chi connectivity index (χ0v) is 14.9. The van der Waals surface area contributed by atoms with E-state index in [1.54, 1.807) is 6.92 Å². The Morgan fingerprint density at radius 2 is 2.00 bits per heavy atom. The van der Waals surface area contributed by atoms with E-state index in [1.165, 1.54) is 44.1 Å². The molecule has 2 aliphatic rings. The lowest BCUT2D eigenvalue weighted by atomic mass is 9.83. The van der Waals surface area contributed by atoms with Crippen LogP contribution < -0.4 is 4.74 Å². The average Bonchev–Trinajstić information content (AvgIpc) is 3.23. The Hall–Kier alpha value is -2.21. The van der Waals surface area contributed by atoms with Crippen LogP contribution >= 0.6 is 0 Å². The van der Waals surface area contributed by atoms with E-state index >= 15 is 0 Å². The quantitative estimate of drug-likeness (QED) is 0.591. The Morgan fingerprint density at radius 3 is 2.64 bits per heavy atom. The second-order valence-corrected chi connectivity index (χ2v) is 7.35. The van der Waals surface area contributed by atoms with E-state index in [9.17, 15) is 4.79 Å². The van der Waals surface area contributed by atoms with Crippen molar-refractivity contribution >= 4 is 5.97 Å². The number of aliphatic carboxylic acids is 1. The summed E-state index contributed by atoms with van der Waals surface area (Å²) in [4.78, 5) is 11.0. The Kier molecular flexibility index (Phi) is 5.48. The topological polar surface area (TPSA) is 46.5 Å². The van der Waals surface area contributed by atoms with Crippen LogP contribution in [0.4, 0.5) is 0 Å². The maximum Gasteiger partial charge on any atom is 0.304 e. The predicted octanol–water partition coefficient (Wildman–Crippen LogP) is 4.93. The molecule has 1 spiro atoms. The van der Waals surface area contributed by atoms with Crippen molar-refractivity contribution in [1.82, 2.24) is 0 Å². The minimum absolute atomic E-state index is 0.0238. The number of carboxylic acid groups (broad SMARTS) is 1. The molecule has 132 valence electrons. The maximum absolute atomic E-state index is 11.0. The second-order valence-electron chi connectivity index (χ2n) is 7.35. The predicted molar refractivity (Wildman–Crippen MR) is 98.6 cm³/mol. The highest BCUT2D eigenvalue weighted by Gasteiger charge is 2.36. The molecule has 1 saturated carbocycles. The fourth-order valence-electron chi connectivity index (χ4n) is 4.18. The fourth-order valence-corrected chi connectivity index (χ4v) is 4.18. The highest BCUT2D eigenvalue weighted by atomic mass is 16.5. The van der Waals surface area contributed by atoms with Gasteiger partial charge in [-0.15, -0.1) is 5.92 Å². The molecule has 3 heteroatoms. The van der Waals surface area contributed by atoms with Crippen molar-refractivity contribution in [3.63, 3.8) is 0 Å². The van der Waals surface area contributed by atoms with Crippen LogP contribution in [-0.4, -0.2) is 17.7 Å². The molecular formula is C22H26O3.